The SMILES string of the molecule is C#CCC#CCN/N=C/Cc1cccc(Cl)c1. The van der Waals surface area contributed by atoms with Gasteiger partial charge in [0.05, 0.1) is 13.0 Å². The fourth-order valence-electron chi connectivity index (χ4n) is 1.14. The summed E-state index contributed by atoms with van der Waals surface area (Å²) in [6, 6.07) is 7.69. The molecule has 0 aliphatic rings. The standard InChI is InChI=1S/C14H13ClN2/c1-2-3-4-5-10-16-17-11-9-13-7-6-8-14(15)12-13/h1,6-8,11-12,16H,3,9-10H2/b17-11+. The summed E-state index contributed by atoms with van der Waals surface area (Å²) in [6.07, 6.45) is 8.06. The first-order chi connectivity index (χ1) is 8.33. The van der Waals surface area contributed by atoms with Crippen LogP contribution in [-0.4, -0.2) is 12.8 Å². The van der Waals surface area contributed by atoms with Gasteiger partial charge in [0, 0.05) is 17.7 Å². The van der Waals surface area contributed by atoms with Crippen LogP contribution < -0.4 is 5.43 Å². The fourth-order valence-corrected chi connectivity index (χ4v) is 1.35. The van der Waals surface area contributed by atoms with Crippen LogP contribution in [0, 0.1) is 24.2 Å². The van der Waals surface area contributed by atoms with Crippen LogP contribution in [0.5, 0.6) is 0 Å². The van der Waals surface area contributed by atoms with Gasteiger partial charge in [-0.1, -0.05) is 41.5 Å². The van der Waals surface area contributed by atoms with Crippen LogP contribution in [0.3, 0.4) is 0 Å². The number of halogens is 1. The molecule has 0 fully saturated rings. The number of nitrogens with one attached hydrogen (secondary N) is 1. The van der Waals surface area contributed by atoms with E-state index in [0.29, 0.717) is 13.0 Å². The van der Waals surface area contributed by atoms with Gasteiger partial charge in [0.2, 0.25) is 0 Å². The molecule has 0 aliphatic heterocycles. The molecule has 0 heterocycles. The molecule has 0 spiro atoms. The molecule has 17 heavy (non-hydrogen) atoms. The van der Waals surface area contributed by atoms with Gasteiger partial charge in [-0.3, -0.25) is 5.43 Å². The van der Waals surface area contributed by atoms with Crippen LogP contribution in [0.4, 0.5) is 0 Å². The number of nitrogens with zero attached hydrogens (tertiary/aromatic N) is 1. The third kappa shape index (κ3) is 6.30. The number of rotatable bonds is 4. The number of hydrazone groups is 1. The van der Waals surface area contributed by atoms with E-state index in [1.54, 1.807) is 6.21 Å². The summed E-state index contributed by atoms with van der Waals surface area (Å²) in [4.78, 5) is 0. The van der Waals surface area contributed by atoms with E-state index in [0.717, 1.165) is 17.0 Å². The van der Waals surface area contributed by atoms with Crippen molar-refractivity contribution >= 4 is 17.8 Å². The van der Waals surface area contributed by atoms with Crippen molar-refractivity contribution in [3.05, 3.63) is 34.9 Å². The van der Waals surface area contributed by atoms with Crippen LogP contribution in [0.2, 0.25) is 5.02 Å². The van der Waals surface area contributed by atoms with E-state index in [2.05, 4.69) is 28.3 Å². The Bertz CT molecular complexity index is 475. The smallest absolute Gasteiger partial charge is 0.0938 e. The van der Waals surface area contributed by atoms with Gasteiger partial charge in [-0.15, -0.1) is 6.42 Å². The van der Waals surface area contributed by atoms with Crippen LogP contribution in [0.25, 0.3) is 0 Å². The Hall–Kier alpha value is -1.90. The van der Waals surface area contributed by atoms with Crippen LogP contribution in [0.15, 0.2) is 29.4 Å². The highest BCUT2D eigenvalue weighted by atomic mass is 35.5. The molecule has 0 saturated carbocycles. The first-order valence-electron chi connectivity index (χ1n) is 5.21. The van der Waals surface area contributed by atoms with E-state index in [1.165, 1.54) is 0 Å². The summed E-state index contributed by atoms with van der Waals surface area (Å²) < 4.78 is 0. The molecular formula is C14H13ClN2. The second-order valence-corrected chi connectivity index (χ2v) is 3.65. The summed E-state index contributed by atoms with van der Waals surface area (Å²) in [5.41, 5.74) is 3.95. The second kappa shape index (κ2) is 8.28. The lowest BCUT2D eigenvalue weighted by molar-refractivity contribution is 0.840. The summed E-state index contributed by atoms with van der Waals surface area (Å²) in [6.45, 7) is 0.508. The zero-order chi connectivity index (χ0) is 12.3. The number of hydrogen-bond donors (Lipinski definition) is 1. The summed E-state index contributed by atoms with van der Waals surface area (Å²) in [5, 5.41) is 4.76. The molecule has 1 aromatic carbocycles. The highest BCUT2D eigenvalue weighted by Gasteiger charge is 1.90. The lowest BCUT2D eigenvalue weighted by Crippen LogP contribution is -2.05. The van der Waals surface area contributed by atoms with Gasteiger partial charge in [-0.05, 0) is 17.7 Å². The molecule has 2 nitrogen and oxygen atoms in total. The van der Waals surface area contributed by atoms with E-state index < -0.39 is 0 Å². The quantitative estimate of drug-likeness (QED) is 0.374. The minimum Gasteiger partial charge on any atom is -0.298 e. The third-order valence-electron chi connectivity index (χ3n) is 1.88. The molecule has 0 bridgehead atoms. The zero-order valence-corrected chi connectivity index (χ0v) is 10.2. The van der Waals surface area contributed by atoms with Gasteiger partial charge >= 0.3 is 0 Å². The lowest BCUT2D eigenvalue weighted by atomic mass is 10.2. The highest BCUT2D eigenvalue weighted by Crippen LogP contribution is 2.10. The third-order valence-corrected chi connectivity index (χ3v) is 2.12. The van der Waals surface area contributed by atoms with Gasteiger partial charge in [0.1, 0.15) is 0 Å². The van der Waals surface area contributed by atoms with Crippen molar-refractivity contribution in [1.82, 2.24) is 5.43 Å². The average Bonchev–Trinajstić information content (AvgIpc) is 2.33. The molecule has 0 radical (unpaired) electrons. The molecule has 0 saturated heterocycles. The van der Waals surface area contributed by atoms with Gasteiger partial charge in [0.15, 0.2) is 0 Å². The first kappa shape index (κ1) is 13.2. The second-order valence-electron chi connectivity index (χ2n) is 3.22. The predicted octanol–water partition coefficient (Wildman–Crippen LogP) is 2.48. The average molecular weight is 245 g/mol. The van der Waals surface area contributed by atoms with E-state index in [9.17, 15) is 0 Å². The maximum Gasteiger partial charge on any atom is 0.0938 e. The summed E-state index contributed by atoms with van der Waals surface area (Å²) >= 11 is 5.86. The molecular weight excluding hydrogens is 232 g/mol. The molecule has 1 aromatic rings. The summed E-state index contributed by atoms with van der Waals surface area (Å²) in [5.74, 6) is 8.11. The highest BCUT2D eigenvalue weighted by molar-refractivity contribution is 6.30. The predicted molar refractivity (Wildman–Crippen MR) is 72.9 cm³/mol. The molecule has 0 amide bonds. The van der Waals surface area contributed by atoms with Crippen LogP contribution in [-0.2, 0) is 6.42 Å². The number of hydrogen-bond acceptors (Lipinski definition) is 2. The largest absolute Gasteiger partial charge is 0.298 e. The van der Waals surface area contributed by atoms with E-state index in [-0.39, 0.29) is 0 Å². The van der Waals surface area contributed by atoms with Gasteiger partial charge < -0.3 is 0 Å². The van der Waals surface area contributed by atoms with Crippen molar-refractivity contribution in [2.75, 3.05) is 6.54 Å². The topological polar surface area (TPSA) is 24.4 Å². The minimum atomic E-state index is 0.480. The maximum atomic E-state index is 5.86. The van der Waals surface area contributed by atoms with Gasteiger partial charge in [-0.2, -0.15) is 5.10 Å². The number of terminal acetylenes is 1. The van der Waals surface area contributed by atoms with Crippen molar-refractivity contribution in [2.45, 2.75) is 12.8 Å². The molecule has 0 aliphatic carbocycles. The molecule has 0 aromatic heterocycles. The van der Waals surface area contributed by atoms with Crippen molar-refractivity contribution in [1.29, 1.82) is 0 Å². The van der Waals surface area contributed by atoms with Crippen LogP contribution in [0.1, 0.15) is 12.0 Å². The molecule has 1 N–H and O–H groups in total. The van der Waals surface area contributed by atoms with Crippen molar-refractivity contribution in [3.63, 3.8) is 0 Å². The Labute approximate surface area is 107 Å². The molecule has 0 atom stereocenters. The molecule has 0 unspecified atom stereocenters. The fraction of sp³-hybridized carbons (Fsp3) is 0.214. The molecule has 3 heteroatoms. The van der Waals surface area contributed by atoms with Gasteiger partial charge in [0.25, 0.3) is 0 Å². The Kier molecular flexibility index (Phi) is 6.41. The minimum absolute atomic E-state index is 0.480. The Balaban J connectivity index is 2.23. The zero-order valence-electron chi connectivity index (χ0n) is 9.41. The van der Waals surface area contributed by atoms with E-state index >= 15 is 0 Å². The Morgan fingerprint density at radius 1 is 1.41 bits per heavy atom. The van der Waals surface area contributed by atoms with Crippen molar-refractivity contribution < 1.29 is 0 Å². The van der Waals surface area contributed by atoms with E-state index in [1.807, 2.05) is 24.3 Å². The van der Waals surface area contributed by atoms with E-state index in [4.69, 9.17) is 18.0 Å². The Morgan fingerprint density at radius 3 is 3.06 bits per heavy atom. The first-order valence-corrected chi connectivity index (χ1v) is 5.58. The number of benzene rings is 1. The molecule has 86 valence electrons. The van der Waals surface area contributed by atoms with Gasteiger partial charge in [-0.25, -0.2) is 0 Å². The Morgan fingerprint density at radius 2 is 2.29 bits per heavy atom. The maximum absolute atomic E-state index is 5.86. The summed E-state index contributed by atoms with van der Waals surface area (Å²) in [7, 11) is 0. The normalized spacial score (nSPS) is 9.41. The lowest BCUT2D eigenvalue weighted by Gasteiger charge is -1.96. The van der Waals surface area contributed by atoms with Crippen molar-refractivity contribution in [2.24, 2.45) is 5.10 Å². The van der Waals surface area contributed by atoms with Crippen LogP contribution >= 0.6 is 11.6 Å². The monoisotopic (exact) mass is 244 g/mol. The molecule has 1 rings (SSSR count). The van der Waals surface area contributed by atoms with Crippen molar-refractivity contribution in [3.8, 4) is 24.2 Å².